The summed E-state index contributed by atoms with van der Waals surface area (Å²) < 4.78 is 5.18. The van der Waals surface area contributed by atoms with E-state index in [9.17, 15) is 4.79 Å². The lowest BCUT2D eigenvalue weighted by atomic mass is 9.98. The Balaban J connectivity index is 2.68. The first kappa shape index (κ1) is 15.5. The van der Waals surface area contributed by atoms with E-state index in [-0.39, 0.29) is 17.9 Å². The molecular formula is C15H24N2O2. The molecule has 0 saturated carbocycles. The van der Waals surface area contributed by atoms with Crippen LogP contribution in [0, 0.1) is 5.92 Å². The van der Waals surface area contributed by atoms with E-state index in [2.05, 4.69) is 5.32 Å². The van der Waals surface area contributed by atoms with Crippen molar-refractivity contribution in [1.82, 2.24) is 5.32 Å². The number of amides is 1. The number of hydrogen-bond donors (Lipinski definition) is 2. The summed E-state index contributed by atoms with van der Waals surface area (Å²) in [7, 11) is 1.63. The molecule has 3 N–H and O–H groups in total. The van der Waals surface area contributed by atoms with Crippen LogP contribution < -0.4 is 15.8 Å². The Labute approximate surface area is 115 Å². The van der Waals surface area contributed by atoms with E-state index < -0.39 is 6.04 Å². The molecule has 106 valence electrons. The lowest BCUT2D eigenvalue weighted by Crippen LogP contribution is -2.45. The zero-order chi connectivity index (χ0) is 14.4. The Morgan fingerprint density at radius 1 is 1.42 bits per heavy atom. The first-order chi connectivity index (χ1) is 8.99. The largest absolute Gasteiger partial charge is 0.497 e. The van der Waals surface area contributed by atoms with Gasteiger partial charge in [0.25, 0.3) is 0 Å². The van der Waals surface area contributed by atoms with Crippen LogP contribution in [0.25, 0.3) is 0 Å². The van der Waals surface area contributed by atoms with E-state index in [0.717, 1.165) is 17.7 Å². The van der Waals surface area contributed by atoms with Crippen molar-refractivity contribution >= 4 is 5.91 Å². The van der Waals surface area contributed by atoms with Gasteiger partial charge < -0.3 is 15.8 Å². The van der Waals surface area contributed by atoms with E-state index in [1.165, 1.54) is 0 Å². The maximum atomic E-state index is 12.0. The van der Waals surface area contributed by atoms with Crippen LogP contribution in [0.2, 0.25) is 0 Å². The maximum absolute atomic E-state index is 12.0. The molecular weight excluding hydrogens is 240 g/mol. The SMILES string of the molecule is CCC(C)C(N)C(=O)N[C@H](C)c1cccc(OC)c1. The van der Waals surface area contributed by atoms with E-state index in [0.29, 0.717) is 0 Å². The van der Waals surface area contributed by atoms with Crippen LogP contribution in [0.3, 0.4) is 0 Å². The van der Waals surface area contributed by atoms with Gasteiger partial charge in [-0.25, -0.2) is 0 Å². The Bertz CT molecular complexity index is 420. The molecule has 0 radical (unpaired) electrons. The fourth-order valence-corrected chi connectivity index (χ4v) is 1.82. The number of methoxy groups -OCH3 is 1. The number of rotatable bonds is 6. The third kappa shape index (κ3) is 4.24. The minimum atomic E-state index is -0.460. The van der Waals surface area contributed by atoms with Crippen molar-refractivity contribution in [2.75, 3.05) is 7.11 Å². The summed E-state index contributed by atoms with van der Waals surface area (Å²) in [4.78, 5) is 12.0. The van der Waals surface area contributed by atoms with Crippen LogP contribution in [-0.2, 0) is 4.79 Å². The molecule has 0 bridgehead atoms. The summed E-state index contributed by atoms with van der Waals surface area (Å²) in [6.45, 7) is 5.96. The van der Waals surface area contributed by atoms with Crippen molar-refractivity contribution in [3.63, 3.8) is 0 Å². The van der Waals surface area contributed by atoms with Crippen LogP contribution in [0.5, 0.6) is 5.75 Å². The highest BCUT2D eigenvalue weighted by molar-refractivity contribution is 5.82. The summed E-state index contributed by atoms with van der Waals surface area (Å²) in [5, 5.41) is 2.94. The van der Waals surface area contributed by atoms with Crippen LogP contribution in [0.4, 0.5) is 0 Å². The van der Waals surface area contributed by atoms with Crippen LogP contribution >= 0.6 is 0 Å². The summed E-state index contributed by atoms with van der Waals surface area (Å²) >= 11 is 0. The number of benzene rings is 1. The van der Waals surface area contributed by atoms with Crippen molar-refractivity contribution in [3.05, 3.63) is 29.8 Å². The molecule has 2 unspecified atom stereocenters. The fourth-order valence-electron chi connectivity index (χ4n) is 1.82. The Kier molecular flexibility index (Phi) is 5.83. The molecule has 1 aromatic rings. The molecule has 0 heterocycles. The van der Waals surface area contributed by atoms with Gasteiger partial charge in [-0.05, 0) is 30.5 Å². The van der Waals surface area contributed by atoms with E-state index in [1.54, 1.807) is 7.11 Å². The minimum Gasteiger partial charge on any atom is -0.497 e. The summed E-state index contributed by atoms with van der Waals surface area (Å²) in [5.41, 5.74) is 6.92. The topological polar surface area (TPSA) is 64.4 Å². The van der Waals surface area contributed by atoms with Crippen LogP contribution in [0.15, 0.2) is 24.3 Å². The predicted molar refractivity (Wildman–Crippen MR) is 77.0 cm³/mol. The number of nitrogens with one attached hydrogen (secondary N) is 1. The number of carbonyl (C=O) groups is 1. The predicted octanol–water partition coefficient (Wildman–Crippen LogP) is 2.25. The monoisotopic (exact) mass is 264 g/mol. The second kappa shape index (κ2) is 7.14. The van der Waals surface area contributed by atoms with Gasteiger partial charge in [-0.15, -0.1) is 0 Å². The lowest BCUT2D eigenvalue weighted by molar-refractivity contribution is -0.124. The molecule has 19 heavy (non-hydrogen) atoms. The standard InChI is InChI=1S/C15H24N2O2/c1-5-10(2)14(16)15(18)17-11(3)12-7-6-8-13(9-12)19-4/h6-11,14H,5,16H2,1-4H3,(H,17,18)/t10?,11-,14?/m1/s1. The summed E-state index contributed by atoms with van der Waals surface area (Å²) in [5.74, 6) is 0.854. The lowest BCUT2D eigenvalue weighted by Gasteiger charge is -2.21. The van der Waals surface area contributed by atoms with E-state index >= 15 is 0 Å². The first-order valence-corrected chi connectivity index (χ1v) is 6.69. The fraction of sp³-hybridized carbons (Fsp3) is 0.533. The Morgan fingerprint density at radius 2 is 2.11 bits per heavy atom. The zero-order valence-electron chi connectivity index (χ0n) is 12.1. The van der Waals surface area contributed by atoms with Gasteiger partial charge in [0.1, 0.15) is 5.75 Å². The highest BCUT2D eigenvalue weighted by Crippen LogP contribution is 2.19. The number of carbonyl (C=O) groups excluding carboxylic acids is 1. The third-order valence-corrected chi connectivity index (χ3v) is 3.51. The number of nitrogens with two attached hydrogens (primary N) is 1. The summed E-state index contributed by atoms with van der Waals surface area (Å²) in [6.07, 6.45) is 0.891. The van der Waals surface area contributed by atoms with Gasteiger partial charge >= 0.3 is 0 Å². The normalized spacial score (nSPS) is 15.4. The molecule has 0 fully saturated rings. The molecule has 0 aromatic heterocycles. The molecule has 0 aliphatic heterocycles. The van der Waals surface area contributed by atoms with Gasteiger partial charge in [-0.1, -0.05) is 32.4 Å². The molecule has 1 amide bonds. The van der Waals surface area contributed by atoms with Gasteiger partial charge in [0.05, 0.1) is 19.2 Å². The Hall–Kier alpha value is -1.55. The maximum Gasteiger partial charge on any atom is 0.237 e. The van der Waals surface area contributed by atoms with Crippen molar-refractivity contribution < 1.29 is 9.53 Å². The highest BCUT2D eigenvalue weighted by atomic mass is 16.5. The average molecular weight is 264 g/mol. The Morgan fingerprint density at radius 3 is 2.68 bits per heavy atom. The zero-order valence-corrected chi connectivity index (χ0v) is 12.1. The van der Waals surface area contributed by atoms with Gasteiger partial charge in [-0.3, -0.25) is 4.79 Å². The molecule has 1 rings (SSSR count). The van der Waals surface area contributed by atoms with Crippen molar-refractivity contribution in [2.24, 2.45) is 11.7 Å². The second-order valence-corrected chi connectivity index (χ2v) is 4.92. The van der Waals surface area contributed by atoms with Gasteiger partial charge in [-0.2, -0.15) is 0 Å². The van der Waals surface area contributed by atoms with Gasteiger partial charge in [0.2, 0.25) is 5.91 Å². The summed E-state index contributed by atoms with van der Waals surface area (Å²) in [6, 6.07) is 7.12. The molecule has 0 aliphatic rings. The molecule has 4 nitrogen and oxygen atoms in total. The molecule has 0 spiro atoms. The molecule has 0 saturated heterocycles. The number of hydrogen-bond acceptors (Lipinski definition) is 3. The van der Waals surface area contributed by atoms with Crippen molar-refractivity contribution in [3.8, 4) is 5.75 Å². The highest BCUT2D eigenvalue weighted by Gasteiger charge is 2.21. The smallest absolute Gasteiger partial charge is 0.237 e. The molecule has 4 heteroatoms. The third-order valence-electron chi connectivity index (χ3n) is 3.51. The van der Waals surface area contributed by atoms with Crippen LogP contribution in [-0.4, -0.2) is 19.1 Å². The first-order valence-electron chi connectivity index (χ1n) is 6.69. The molecule has 0 aliphatic carbocycles. The van der Waals surface area contributed by atoms with Gasteiger partial charge in [0, 0.05) is 0 Å². The quantitative estimate of drug-likeness (QED) is 0.828. The van der Waals surface area contributed by atoms with Gasteiger partial charge in [0.15, 0.2) is 0 Å². The molecule has 3 atom stereocenters. The van der Waals surface area contributed by atoms with E-state index in [1.807, 2.05) is 45.0 Å². The molecule has 1 aromatic carbocycles. The van der Waals surface area contributed by atoms with Crippen molar-refractivity contribution in [2.45, 2.75) is 39.3 Å². The van der Waals surface area contributed by atoms with Crippen LogP contribution in [0.1, 0.15) is 38.8 Å². The van der Waals surface area contributed by atoms with E-state index in [4.69, 9.17) is 10.5 Å². The average Bonchev–Trinajstić information content (AvgIpc) is 2.45. The minimum absolute atomic E-state index is 0.0855. The number of ether oxygens (including phenoxy) is 1. The second-order valence-electron chi connectivity index (χ2n) is 4.92. The van der Waals surface area contributed by atoms with Crippen molar-refractivity contribution in [1.29, 1.82) is 0 Å².